The van der Waals surface area contributed by atoms with Crippen molar-refractivity contribution in [1.29, 1.82) is 0 Å². The predicted molar refractivity (Wildman–Crippen MR) is 221 cm³/mol. The smallest absolute Gasteiger partial charge is 0.230 e. The molecule has 1 saturated carbocycles. The van der Waals surface area contributed by atoms with Crippen molar-refractivity contribution < 1.29 is 29.2 Å². The molecule has 0 spiro atoms. The highest BCUT2D eigenvalue weighted by Crippen LogP contribution is 2.62. The molecule has 1 heterocycles. The van der Waals surface area contributed by atoms with Crippen LogP contribution in [-0.4, -0.2) is 59.2 Å². The molecule has 2 aliphatic carbocycles. The Morgan fingerprint density at radius 1 is 0.830 bits per heavy atom. The van der Waals surface area contributed by atoms with Gasteiger partial charge in [0.1, 0.15) is 18.1 Å². The molecule has 298 valence electrons. The minimum atomic E-state index is -0.999. The first-order valence-electron chi connectivity index (χ1n) is 21.4. The summed E-state index contributed by atoms with van der Waals surface area (Å²) in [6.07, 6.45) is 30.0. The van der Waals surface area contributed by atoms with Gasteiger partial charge in [0, 0.05) is 36.7 Å². The first kappa shape index (κ1) is 43.7. The zero-order chi connectivity index (χ0) is 37.7. The van der Waals surface area contributed by atoms with Crippen molar-refractivity contribution in [3.8, 4) is 11.5 Å². The fraction of sp³-hybridized carbons (Fsp3) is 0.717. The van der Waals surface area contributed by atoms with E-state index in [-0.39, 0.29) is 47.9 Å². The van der Waals surface area contributed by atoms with Gasteiger partial charge in [0.15, 0.2) is 5.78 Å². The van der Waals surface area contributed by atoms with Gasteiger partial charge in [-0.3, -0.25) is 4.79 Å². The minimum Gasteiger partial charge on any atom is -0.490 e. The van der Waals surface area contributed by atoms with E-state index in [0.29, 0.717) is 19.6 Å². The molecule has 53 heavy (non-hydrogen) atoms. The summed E-state index contributed by atoms with van der Waals surface area (Å²) in [5, 5.41) is 19.2. The maximum Gasteiger partial charge on any atom is 0.230 e. The van der Waals surface area contributed by atoms with Crippen molar-refractivity contribution in [2.24, 2.45) is 17.8 Å². The molecule has 2 N–H and O–H groups in total. The number of fused-ring (bicyclic) bond motifs is 2. The highest BCUT2D eigenvalue weighted by Gasteiger charge is 2.64. The molecule has 0 radical (unpaired) electrons. The molecule has 3 aliphatic rings. The number of carbonyl (C=O) groups excluding carboxylic acids is 1. The molecule has 7 heteroatoms. The molecule has 1 fully saturated rings. The Morgan fingerprint density at radius 3 is 2.08 bits per heavy atom. The van der Waals surface area contributed by atoms with Crippen LogP contribution in [0, 0.1) is 17.8 Å². The van der Waals surface area contributed by atoms with Crippen molar-refractivity contribution >= 4 is 17.5 Å². The third kappa shape index (κ3) is 12.5. The Labute approximate surface area is 326 Å². The van der Waals surface area contributed by atoms with Crippen LogP contribution in [0.5, 0.6) is 11.5 Å². The van der Waals surface area contributed by atoms with Crippen LogP contribution in [-0.2, 0) is 9.53 Å². The largest absolute Gasteiger partial charge is 0.490 e. The molecule has 6 atom stereocenters. The number of aliphatic hydroxyl groups is 2. The molecule has 0 saturated heterocycles. The fourth-order valence-corrected chi connectivity index (χ4v) is 10.6. The standard InChI is InChI=1S/C46H72O6S/c1-4-7-8-9-10-11-12-13-14-15-16-17-18-23-32-53-43-35-41(49)39-33-36(24-19-21-28-47)38(25-20-22-29-48)44-40-34-37(50-30-5-2)26-27-42(40)52-46(43,45(39)44)51-31-6-3/h5-6,26-27,33-34,36,38,43-45,47-48H,2-4,7-25,28-32,35H2,1H3/t36-,38+,43-,44+,45+,46+/m0/s1. The number of carbonyl (C=O) groups is 1. The van der Waals surface area contributed by atoms with E-state index >= 15 is 0 Å². The first-order chi connectivity index (χ1) is 26.0. The number of benzene rings is 1. The molecule has 4 rings (SSSR count). The molecule has 0 aromatic heterocycles. The van der Waals surface area contributed by atoms with Crippen LogP contribution in [0.1, 0.15) is 153 Å². The molecule has 1 aromatic carbocycles. The SMILES string of the molecule is C=CCOc1ccc2c(c1)[C@H]1[C@H](CCCCO)[C@@H](CCCCO)C=C3C(=O)C[C@H](SCCCCCCCCCCCCCCCC)[C@@](OCC=C)(O2)[C@H]31. The van der Waals surface area contributed by atoms with Crippen LogP contribution in [0.2, 0.25) is 0 Å². The Balaban J connectivity index is 1.49. The average molecular weight is 753 g/mol. The van der Waals surface area contributed by atoms with Crippen molar-refractivity contribution in [2.45, 2.75) is 159 Å². The lowest BCUT2D eigenvalue weighted by molar-refractivity contribution is -0.227. The van der Waals surface area contributed by atoms with Crippen LogP contribution in [0.15, 0.2) is 55.2 Å². The van der Waals surface area contributed by atoms with Crippen molar-refractivity contribution in [3.63, 3.8) is 0 Å². The third-order valence-corrected chi connectivity index (χ3v) is 13.2. The van der Waals surface area contributed by atoms with E-state index in [1.807, 2.05) is 23.9 Å². The summed E-state index contributed by atoms with van der Waals surface area (Å²) in [4.78, 5) is 14.3. The van der Waals surface area contributed by atoms with E-state index < -0.39 is 5.79 Å². The minimum absolute atomic E-state index is 0.0120. The summed E-state index contributed by atoms with van der Waals surface area (Å²) in [5.74, 6) is 1.89. The van der Waals surface area contributed by atoms with Crippen LogP contribution in [0.4, 0.5) is 0 Å². The number of Topliss-reactive ketones (excluding diaryl/α,β-unsaturated/α-hetero) is 1. The number of thioether (sulfide) groups is 1. The van der Waals surface area contributed by atoms with Crippen molar-refractivity contribution in [1.82, 2.24) is 0 Å². The number of hydrogen-bond donors (Lipinski definition) is 2. The van der Waals surface area contributed by atoms with Gasteiger partial charge in [-0.25, -0.2) is 0 Å². The van der Waals surface area contributed by atoms with Gasteiger partial charge in [-0.15, -0.1) is 6.58 Å². The number of aliphatic hydroxyl groups excluding tert-OH is 2. The summed E-state index contributed by atoms with van der Waals surface area (Å²) < 4.78 is 20.1. The van der Waals surface area contributed by atoms with Crippen LogP contribution in [0.3, 0.4) is 0 Å². The number of hydrogen-bond acceptors (Lipinski definition) is 7. The van der Waals surface area contributed by atoms with E-state index in [2.05, 4.69) is 32.2 Å². The highest BCUT2D eigenvalue weighted by molar-refractivity contribution is 8.00. The van der Waals surface area contributed by atoms with Gasteiger partial charge in [-0.2, -0.15) is 11.8 Å². The van der Waals surface area contributed by atoms with E-state index in [4.69, 9.17) is 14.2 Å². The summed E-state index contributed by atoms with van der Waals surface area (Å²) in [6, 6.07) is 6.11. The number of allylic oxidation sites excluding steroid dienone is 1. The molecule has 1 aliphatic heterocycles. The molecule has 0 amide bonds. The number of unbranched alkanes of at least 4 members (excludes halogenated alkanes) is 15. The van der Waals surface area contributed by atoms with Gasteiger partial charge in [0.25, 0.3) is 0 Å². The highest BCUT2D eigenvalue weighted by atomic mass is 32.2. The van der Waals surface area contributed by atoms with Crippen LogP contribution in [0.25, 0.3) is 0 Å². The zero-order valence-electron chi connectivity index (χ0n) is 33.1. The second kappa shape index (κ2) is 24.5. The molecule has 1 aromatic rings. The third-order valence-electron chi connectivity index (χ3n) is 11.8. The van der Waals surface area contributed by atoms with E-state index in [0.717, 1.165) is 73.3 Å². The summed E-state index contributed by atoms with van der Waals surface area (Å²) >= 11 is 1.86. The summed E-state index contributed by atoms with van der Waals surface area (Å²) in [5.41, 5.74) is 1.93. The van der Waals surface area contributed by atoms with E-state index in [1.165, 1.54) is 83.5 Å². The van der Waals surface area contributed by atoms with Crippen LogP contribution < -0.4 is 9.47 Å². The zero-order valence-corrected chi connectivity index (χ0v) is 33.9. The maximum absolute atomic E-state index is 14.3. The number of rotatable bonds is 30. The Hall–Kier alpha value is -2.06. The fourth-order valence-electron chi connectivity index (χ4n) is 9.14. The Kier molecular flexibility index (Phi) is 20.1. The number of ketones is 1. The molecule has 6 nitrogen and oxygen atoms in total. The monoisotopic (exact) mass is 753 g/mol. The van der Waals surface area contributed by atoms with Gasteiger partial charge in [0.2, 0.25) is 5.79 Å². The summed E-state index contributed by atoms with van der Waals surface area (Å²) in [7, 11) is 0. The lowest BCUT2D eigenvalue weighted by Crippen LogP contribution is -2.64. The molecule has 0 bridgehead atoms. The van der Waals surface area contributed by atoms with Crippen LogP contribution >= 0.6 is 11.8 Å². The van der Waals surface area contributed by atoms with Gasteiger partial charge < -0.3 is 24.4 Å². The number of ether oxygens (including phenoxy) is 3. The van der Waals surface area contributed by atoms with Crippen molar-refractivity contribution in [2.75, 3.05) is 32.2 Å². The Morgan fingerprint density at radius 2 is 1.45 bits per heavy atom. The average Bonchev–Trinajstić information content (AvgIpc) is 3.17. The molecular formula is C46H72O6S. The van der Waals surface area contributed by atoms with Gasteiger partial charge in [0.05, 0.1) is 17.8 Å². The Bertz CT molecular complexity index is 1260. The normalized spacial score (nSPS) is 24.5. The topological polar surface area (TPSA) is 85.2 Å². The quantitative estimate of drug-likeness (QED) is 0.0598. The van der Waals surface area contributed by atoms with Gasteiger partial charge >= 0.3 is 0 Å². The molecular weight excluding hydrogens is 681 g/mol. The first-order valence-corrected chi connectivity index (χ1v) is 22.5. The van der Waals surface area contributed by atoms with E-state index in [9.17, 15) is 15.0 Å². The second-order valence-electron chi connectivity index (χ2n) is 15.7. The summed E-state index contributed by atoms with van der Waals surface area (Å²) in [6.45, 7) is 11.2. The molecule has 0 unspecified atom stereocenters. The van der Waals surface area contributed by atoms with E-state index in [1.54, 1.807) is 12.2 Å². The van der Waals surface area contributed by atoms with Gasteiger partial charge in [-0.05, 0) is 67.9 Å². The van der Waals surface area contributed by atoms with Gasteiger partial charge in [-0.1, -0.05) is 128 Å². The lowest BCUT2D eigenvalue weighted by Gasteiger charge is -2.58. The lowest BCUT2D eigenvalue weighted by atomic mass is 9.56. The van der Waals surface area contributed by atoms with Crippen molar-refractivity contribution in [3.05, 3.63) is 60.7 Å². The maximum atomic E-state index is 14.3. The second-order valence-corrected chi connectivity index (χ2v) is 17.0. The predicted octanol–water partition coefficient (Wildman–Crippen LogP) is 11.3.